The quantitative estimate of drug-likeness (QED) is 0.380. The molecule has 0 saturated heterocycles. The number of methoxy groups -OCH3 is 2. The van der Waals surface area contributed by atoms with Gasteiger partial charge in [-0.2, -0.15) is 8.42 Å². The number of aromatic hydroxyl groups is 2. The van der Waals surface area contributed by atoms with Gasteiger partial charge in [-0.05, 0) is 12.1 Å². The standard InChI is InChI=1S/C15H14O8S.Na.H/c1-21-8-3-4-9(11(16)5-8)15(18)10-6-14(23-24(19)20)13(22-2)7-12(10)17;;/h3-7,16-17,24H,1-2H3;;. The molecular formula is C15H15NaO8S. The Morgan fingerprint density at radius 2 is 1.56 bits per heavy atom. The first-order valence-electron chi connectivity index (χ1n) is 6.52. The van der Waals surface area contributed by atoms with Crippen LogP contribution in [-0.2, 0) is 11.0 Å². The van der Waals surface area contributed by atoms with Gasteiger partial charge in [-0.15, -0.1) is 0 Å². The molecule has 0 bridgehead atoms. The van der Waals surface area contributed by atoms with Gasteiger partial charge in [0.05, 0.1) is 25.3 Å². The fourth-order valence-electron chi connectivity index (χ4n) is 2.02. The molecule has 0 saturated carbocycles. The molecule has 2 aromatic rings. The van der Waals surface area contributed by atoms with Crippen molar-refractivity contribution in [2.75, 3.05) is 14.2 Å². The molecule has 0 aliphatic rings. The van der Waals surface area contributed by atoms with E-state index in [9.17, 15) is 23.4 Å². The minimum atomic E-state index is -3.25. The Morgan fingerprint density at radius 1 is 0.920 bits per heavy atom. The predicted octanol–water partition coefficient (Wildman–Crippen LogP) is 0.603. The van der Waals surface area contributed by atoms with Gasteiger partial charge in [0, 0.05) is 18.2 Å². The summed E-state index contributed by atoms with van der Waals surface area (Å²) in [6.45, 7) is 0. The van der Waals surface area contributed by atoms with Crippen LogP contribution in [0.25, 0.3) is 0 Å². The van der Waals surface area contributed by atoms with E-state index in [4.69, 9.17) is 9.47 Å². The van der Waals surface area contributed by atoms with E-state index in [-0.39, 0.29) is 57.9 Å². The van der Waals surface area contributed by atoms with Crippen LogP contribution >= 0.6 is 0 Å². The Hall–Kier alpha value is -1.94. The number of thiol groups is 1. The number of carbonyl (C=O) groups excluding carboxylic acids is 1. The normalized spacial score (nSPS) is 10.0. The molecule has 0 heterocycles. The SMILES string of the molecule is COc1ccc(C(=O)c2cc(O[SH](=O)=O)c(OC)cc2O)c(O)c1.[NaH]. The number of phenols is 2. The molecule has 0 atom stereocenters. The topological polar surface area (TPSA) is 119 Å². The van der Waals surface area contributed by atoms with Crippen LogP contribution in [0.4, 0.5) is 0 Å². The van der Waals surface area contributed by atoms with Crippen molar-refractivity contribution in [3.8, 4) is 28.7 Å². The molecule has 25 heavy (non-hydrogen) atoms. The summed E-state index contributed by atoms with van der Waals surface area (Å²) >= 11 is 0. The van der Waals surface area contributed by atoms with E-state index in [1.807, 2.05) is 0 Å². The third kappa shape index (κ3) is 4.79. The van der Waals surface area contributed by atoms with Crippen molar-refractivity contribution in [2.45, 2.75) is 0 Å². The second-order valence-corrected chi connectivity index (χ2v) is 5.18. The molecular weight excluding hydrogens is 363 g/mol. The van der Waals surface area contributed by atoms with Crippen LogP contribution in [-0.4, -0.2) is 68.2 Å². The van der Waals surface area contributed by atoms with E-state index >= 15 is 0 Å². The second-order valence-electron chi connectivity index (χ2n) is 4.55. The summed E-state index contributed by atoms with van der Waals surface area (Å²) in [6, 6.07) is 6.07. The monoisotopic (exact) mass is 378 g/mol. The van der Waals surface area contributed by atoms with Crippen molar-refractivity contribution in [3.63, 3.8) is 0 Å². The fourth-order valence-corrected chi connectivity index (χ4v) is 2.32. The Balaban J connectivity index is 0.00000312. The number of hydrogen-bond donors (Lipinski definition) is 3. The van der Waals surface area contributed by atoms with Gasteiger partial charge in [-0.3, -0.25) is 4.79 Å². The first kappa shape index (κ1) is 21.1. The van der Waals surface area contributed by atoms with Crippen molar-refractivity contribution in [1.82, 2.24) is 0 Å². The van der Waals surface area contributed by atoms with Gasteiger partial charge in [0.15, 0.2) is 11.5 Å². The van der Waals surface area contributed by atoms with Crippen molar-refractivity contribution in [1.29, 1.82) is 0 Å². The van der Waals surface area contributed by atoms with Crippen molar-refractivity contribution >= 4 is 46.3 Å². The zero-order valence-corrected chi connectivity index (χ0v) is 13.6. The third-order valence-electron chi connectivity index (χ3n) is 3.15. The van der Waals surface area contributed by atoms with E-state index in [0.717, 1.165) is 12.1 Å². The third-order valence-corrected chi connectivity index (χ3v) is 3.49. The number of hydrogen-bond acceptors (Lipinski definition) is 8. The van der Waals surface area contributed by atoms with Crippen LogP contribution in [0.3, 0.4) is 0 Å². The van der Waals surface area contributed by atoms with Crippen LogP contribution in [0.5, 0.6) is 28.7 Å². The van der Waals surface area contributed by atoms with E-state index < -0.39 is 22.5 Å². The number of rotatable bonds is 6. The molecule has 10 heteroatoms. The summed E-state index contributed by atoms with van der Waals surface area (Å²) in [6.07, 6.45) is 0. The van der Waals surface area contributed by atoms with E-state index in [2.05, 4.69) is 4.18 Å². The van der Waals surface area contributed by atoms with Gasteiger partial charge in [0.1, 0.15) is 17.2 Å². The molecule has 0 amide bonds. The summed E-state index contributed by atoms with van der Waals surface area (Å²) in [5.41, 5.74) is -0.364. The first-order valence-corrected chi connectivity index (χ1v) is 7.62. The number of ketones is 1. The summed E-state index contributed by atoms with van der Waals surface area (Å²) in [5, 5.41) is 19.9. The molecule has 0 spiro atoms. The molecule has 0 fully saturated rings. The molecule has 130 valence electrons. The average Bonchev–Trinajstić information content (AvgIpc) is 2.54. The van der Waals surface area contributed by atoms with Crippen molar-refractivity contribution < 1.29 is 37.1 Å². The molecule has 0 radical (unpaired) electrons. The number of ether oxygens (including phenoxy) is 2. The Bertz CT molecular complexity index is 855. The van der Waals surface area contributed by atoms with Gasteiger partial charge in [0.2, 0.25) is 5.78 Å². The molecule has 0 unspecified atom stereocenters. The number of benzene rings is 2. The van der Waals surface area contributed by atoms with Crippen LogP contribution in [0.2, 0.25) is 0 Å². The number of phenolic OH excluding ortho intramolecular Hbond substituents is 2. The molecule has 8 nitrogen and oxygen atoms in total. The van der Waals surface area contributed by atoms with Crippen molar-refractivity contribution in [2.24, 2.45) is 0 Å². The summed E-state index contributed by atoms with van der Waals surface area (Å²) in [5.74, 6) is -1.53. The van der Waals surface area contributed by atoms with Gasteiger partial charge in [-0.1, -0.05) is 0 Å². The fraction of sp³-hybridized carbons (Fsp3) is 0.133. The van der Waals surface area contributed by atoms with Gasteiger partial charge in [-0.25, -0.2) is 0 Å². The minimum absolute atomic E-state index is 0. The molecule has 2 aromatic carbocycles. The first-order chi connectivity index (χ1) is 11.4. The van der Waals surface area contributed by atoms with Gasteiger partial charge < -0.3 is 23.9 Å². The van der Waals surface area contributed by atoms with E-state index in [0.29, 0.717) is 5.75 Å². The van der Waals surface area contributed by atoms with Crippen LogP contribution in [0, 0.1) is 0 Å². The number of carbonyl (C=O) groups is 1. The summed E-state index contributed by atoms with van der Waals surface area (Å²) in [7, 11) is -0.598. The maximum atomic E-state index is 12.5. The van der Waals surface area contributed by atoms with Crippen LogP contribution in [0.15, 0.2) is 30.3 Å². The van der Waals surface area contributed by atoms with Crippen LogP contribution < -0.4 is 13.7 Å². The zero-order valence-electron chi connectivity index (χ0n) is 12.7. The molecule has 0 aliphatic heterocycles. The maximum absolute atomic E-state index is 12.5. The van der Waals surface area contributed by atoms with Crippen LogP contribution in [0.1, 0.15) is 15.9 Å². The summed E-state index contributed by atoms with van der Waals surface area (Å²) in [4.78, 5) is 12.5. The molecule has 2 rings (SSSR count). The van der Waals surface area contributed by atoms with Gasteiger partial charge in [0.25, 0.3) is 11.0 Å². The predicted molar refractivity (Wildman–Crippen MR) is 90.8 cm³/mol. The summed E-state index contributed by atoms with van der Waals surface area (Å²) < 4.78 is 35.9. The zero-order chi connectivity index (χ0) is 17.9. The second kappa shape index (κ2) is 8.95. The van der Waals surface area contributed by atoms with E-state index in [1.54, 1.807) is 0 Å². The Labute approximate surface area is 167 Å². The van der Waals surface area contributed by atoms with Crippen molar-refractivity contribution in [3.05, 3.63) is 41.5 Å². The molecule has 2 N–H and O–H groups in total. The Kier molecular flexibility index (Phi) is 7.56. The van der Waals surface area contributed by atoms with Gasteiger partial charge >= 0.3 is 29.6 Å². The van der Waals surface area contributed by atoms with E-state index in [1.165, 1.54) is 32.4 Å². The molecule has 0 aliphatic carbocycles. The Morgan fingerprint density at radius 3 is 2.08 bits per heavy atom. The molecule has 0 aromatic heterocycles. The average molecular weight is 378 g/mol.